The molecule has 33 heavy (non-hydrogen) atoms. The summed E-state index contributed by atoms with van der Waals surface area (Å²) in [4.78, 5) is 29.4. The Morgan fingerprint density at radius 3 is 2.64 bits per heavy atom. The zero-order chi connectivity index (χ0) is 23.1. The van der Waals surface area contributed by atoms with Gasteiger partial charge in [0.2, 0.25) is 5.91 Å². The highest BCUT2D eigenvalue weighted by Crippen LogP contribution is 2.38. The van der Waals surface area contributed by atoms with Crippen LogP contribution in [0.1, 0.15) is 54.8 Å². The van der Waals surface area contributed by atoms with Crippen LogP contribution in [0.2, 0.25) is 5.02 Å². The maximum absolute atomic E-state index is 14.3. The number of hydrogen-bond acceptors (Lipinski definition) is 5. The van der Waals surface area contributed by atoms with Crippen LogP contribution in [-0.4, -0.2) is 71.5 Å². The van der Waals surface area contributed by atoms with Gasteiger partial charge in [-0.15, -0.1) is 0 Å². The van der Waals surface area contributed by atoms with Gasteiger partial charge in [0.15, 0.2) is 0 Å². The molecule has 176 valence electrons. The van der Waals surface area contributed by atoms with E-state index < -0.39 is 5.82 Å². The number of halogens is 2. The smallest absolute Gasteiger partial charge is 0.231 e. The first-order valence-electron chi connectivity index (χ1n) is 12.0. The van der Waals surface area contributed by atoms with Crippen molar-refractivity contribution in [2.45, 2.75) is 50.5 Å². The number of carbonyl (C=O) groups excluding carboxylic acids is 1. The van der Waals surface area contributed by atoms with E-state index in [9.17, 15) is 9.18 Å². The van der Waals surface area contributed by atoms with Crippen molar-refractivity contribution in [1.82, 2.24) is 19.8 Å². The van der Waals surface area contributed by atoms with Gasteiger partial charge in [0, 0.05) is 43.5 Å². The number of aromatic nitrogens is 2. The third-order valence-electron chi connectivity index (χ3n) is 7.67. The lowest BCUT2D eigenvalue weighted by molar-refractivity contribution is -0.134. The number of nitrogens with zero attached hydrogens (tertiary/aromatic N) is 5. The summed E-state index contributed by atoms with van der Waals surface area (Å²) in [7, 11) is 2.05. The minimum absolute atomic E-state index is 0.0714. The molecule has 5 rings (SSSR count). The van der Waals surface area contributed by atoms with E-state index in [0.717, 1.165) is 51.1 Å². The molecule has 0 saturated carbocycles. The average Bonchev–Trinajstić information content (AvgIpc) is 3.42. The fraction of sp³-hybridized carbons (Fsp3) is 0.560. The van der Waals surface area contributed by atoms with Crippen LogP contribution in [0, 0.1) is 5.82 Å². The molecule has 8 heteroatoms. The summed E-state index contributed by atoms with van der Waals surface area (Å²) >= 11 is 5.93. The van der Waals surface area contributed by atoms with Crippen molar-refractivity contribution in [1.29, 1.82) is 0 Å². The Hall–Kier alpha value is -2.25. The third kappa shape index (κ3) is 4.21. The molecule has 1 aliphatic carbocycles. The topological polar surface area (TPSA) is 52.6 Å². The molecule has 1 aromatic carbocycles. The van der Waals surface area contributed by atoms with Crippen LogP contribution in [0.4, 0.5) is 10.2 Å². The number of rotatable bonds is 4. The average molecular weight is 472 g/mol. The molecule has 2 aliphatic heterocycles. The van der Waals surface area contributed by atoms with Gasteiger partial charge in [-0.25, -0.2) is 14.4 Å². The van der Waals surface area contributed by atoms with Gasteiger partial charge >= 0.3 is 0 Å². The van der Waals surface area contributed by atoms with Crippen molar-refractivity contribution in [3.8, 4) is 0 Å². The molecule has 2 aromatic rings. The Kier molecular flexibility index (Phi) is 6.27. The molecule has 1 aromatic heterocycles. The van der Waals surface area contributed by atoms with Crippen molar-refractivity contribution in [3.63, 3.8) is 0 Å². The van der Waals surface area contributed by atoms with E-state index in [0.29, 0.717) is 24.6 Å². The molecule has 3 heterocycles. The van der Waals surface area contributed by atoms with Crippen LogP contribution >= 0.6 is 11.6 Å². The van der Waals surface area contributed by atoms with Crippen LogP contribution in [0.25, 0.3) is 0 Å². The van der Waals surface area contributed by atoms with Gasteiger partial charge in [0.1, 0.15) is 18.0 Å². The van der Waals surface area contributed by atoms with Crippen LogP contribution in [0.15, 0.2) is 24.5 Å². The number of likely N-dealkylation sites (N-methyl/N-ethyl adjacent to an activating group) is 1. The van der Waals surface area contributed by atoms with E-state index in [1.165, 1.54) is 17.3 Å². The number of likely N-dealkylation sites (tertiary alicyclic amines) is 1. The van der Waals surface area contributed by atoms with E-state index >= 15 is 0 Å². The molecule has 0 N–H and O–H groups in total. The summed E-state index contributed by atoms with van der Waals surface area (Å²) in [5.41, 5.74) is 3.16. The predicted octanol–water partition coefficient (Wildman–Crippen LogP) is 3.85. The summed E-state index contributed by atoms with van der Waals surface area (Å²) in [6.45, 7) is 5.94. The highest BCUT2D eigenvalue weighted by atomic mass is 35.5. The minimum Gasteiger partial charge on any atom is -0.353 e. The van der Waals surface area contributed by atoms with Crippen molar-refractivity contribution < 1.29 is 9.18 Å². The molecular weight excluding hydrogens is 441 g/mol. The number of amides is 1. The van der Waals surface area contributed by atoms with E-state index in [4.69, 9.17) is 11.6 Å². The summed E-state index contributed by atoms with van der Waals surface area (Å²) < 4.78 is 14.3. The minimum atomic E-state index is -0.468. The first kappa shape index (κ1) is 22.5. The van der Waals surface area contributed by atoms with Crippen molar-refractivity contribution >= 4 is 23.3 Å². The molecule has 2 fully saturated rings. The molecule has 0 radical (unpaired) electrons. The lowest BCUT2D eigenvalue weighted by Gasteiger charge is -2.39. The first-order valence-corrected chi connectivity index (χ1v) is 12.3. The van der Waals surface area contributed by atoms with E-state index in [2.05, 4.69) is 33.7 Å². The van der Waals surface area contributed by atoms with Gasteiger partial charge in [0.25, 0.3) is 0 Å². The standard InChI is InChI=1S/C25H31ClFN5O/c1-16-5-8-20-22(16)24(29-15-28-20)31-10-12-32(13-11-31)25(33)23(21-4-3-9-30(21)2)17-6-7-18(26)19(27)14-17/h6-7,14-16,21,23H,3-5,8-13H2,1-2H3/t16-,21+,23+/m1/s1. The summed E-state index contributed by atoms with van der Waals surface area (Å²) in [6.07, 6.45) is 5.78. The summed E-state index contributed by atoms with van der Waals surface area (Å²) in [5.74, 6) is 0.724. The fourth-order valence-corrected chi connectivity index (χ4v) is 5.92. The molecule has 2 saturated heterocycles. The molecule has 1 amide bonds. The second-order valence-electron chi connectivity index (χ2n) is 9.65. The van der Waals surface area contributed by atoms with E-state index in [-0.39, 0.29) is 22.9 Å². The van der Waals surface area contributed by atoms with Gasteiger partial charge in [0.05, 0.1) is 10.9 Å². The highest BCUT2D eigenvalue weighted by Gasteiger charge is 2.39. The number of carbonyl (C=O) groups is 1. The Labute approximate surface area is 199 Å². The number of fused-ring (bicyclic) bond motifs is 1. The maximum atomic E-state index is 14.3. The zero-order valence-corrected chi connectivity index (χ0v) is 20.1. The molecule has 0 spiro atoms. The monoisotopic (exact) mass is 471 g/mol. The number of piperazine rings is 1. The zero-order valence-electron chi connectivity index (χ0n) is 19.3. The Morgan fingerprint density at radius 2 is 1.94 bits per heavy atom. The van der Waals surface area contributed by atoms with Gasteiger partial charge < -0.3 is 14.7 Å². The summed E-state index contributed by atoms with van der Waals surface area (Å²) in [6, 6.07) is 4.89. The molecule has 3 aliphatic rings. The lowest BCUT2D eigenvalue weighted by atomic mass is 9.88. The van der Waals surface area contributed by atoms with Gasteiger partial charge in [-0.3, -0.25) is 4.79 Å². The van der Waals surface area contributed by atoms with Gasteiger partial charge in [-0.2, -0.15) is 0 Å². The highest BCUT2D eigenvalue weighted by molar-refractivity contribution is 6.30. The predicted molar refractivity (Wildman–Crippen MR) is 127 cm³/mol. The SMILES string of the molecule is C[C@@H]1CCc2ncnc(N3CCN(C(=O)[C@@H](c4ccc(Cl)c(F)c4)[C@@H]4CCCN4C)CC3)c21. The second-order valence-corrected chi connectivity index (χ2v) is 10.1. The van der Waals surface area contributed by atoms with Crippen LogP contribution < -0.4 is 4.90 Å². The van der Waals surface area contributed by atoms with Crippen molar-refractivity contribution in [2.75, 3.05) is 44.7 Å². The Balaban J connectivity index is 1.35. The largest absolute Gasteiger partial charge is 0.353 e. The molecule has 0 bridgehead atoms. The first-order chi connectivity index (χ1) is 15.9. The fourth-order valence-electron chi connectivity index (χ4n) is 5.80. The Morgan fingerprint density at radius 1 is 1.15 bits per heavy atom. The quantitative estimate of drug-likeness (QED) is 0.678. The van der Waals surface area contributed by atoms with Crippen LogP contribution in [0.3, 0.4) is 0 Å². The number of benzene rings is 1. The maximum Gasteiger partial charge on any atom is 0.231 e. The lowest BCUT2D eigenvalue weighted by Crippen LogP contribution is -2.52. The molecule has 3 atom stereocenters. The van der Waals surface area contributed by atoms with Crippen molar-refractivity contribution in [2.24, 2.45) is 0 Å². The van der Waals surface area contributed by atoms with Gasteiger partial charge in [-0.05, 0) is 62.9 Å². The third-order valence-corrected chi connectivity index (χ3v) is 7.98. The molecule has 0 unspecified atom stereocenters. The van der Waals surface area contributed by atoms with Crippen LogP contribution in [-0.2, 0) is 11.2 Å². The molecule has 6 nitrogen and oxygen atoms in total. The number of aryl methyl sites for hydroxylation is 1. The van der Waals surface area contributed by atoms with Crippen molar-refractivity contribution in [3.05, 3.63) is 52.2 Å². The van der Waals surface area contributed by atoms with Crippen LogP contribution in [0.5, 0.6) is 0 Å². The number of anilines is 1. The second kappa shape index (κ2) is 9.18. The van der Waals surface area contributed by atoms with E-state index in [1.54, 1.807) is 12.4 Å². The number of hydrogen-bond donors (Lipinski definition) is 0. The van der Waals surface area contributed by atoms with E-state index in [1.807, 2.05) is 11.0 Å². The Bertz CT molecular complexity index is 1040. The summed E-state index contributed by atoms with van der Waals surface area (Å²) in [5, 5.41) is 0.0879. The molecular formula is C25H31ClFN5O. The van der Waals surface area contributed by atoms with Gasteiger partial charge in [-0.1, -0.05) is 24.6 Å². The normalized spacial score (nSPS) is 24.2.